The highest BCUT2D eigenvalue weighted by Crippen LogP contribution is 2.32. The van der Waals surface area contributed by atoms with Crippen LogP contribution in [0.25, 0.3) is 16.8 Å². The zero-order valence-corrected chi connectivity index (χ0v) is 22.0. The molecule has 7 nitrogen and oxygen atoms in total. The Bertz CT molecular complexity index is 1630. The van der Waals surface area contributed by atoms with E-state index in [9.17, 15) is 14.4 Å². The molecule has 7 heteroatoms. The van der Waals surface area contributed by atoms with E-state index in [0.717, 1.165) is 32.4 Å². The van der Waals surface area contributed by atoms with Gasteiger partial charge in [0.25, 0.3) is 11.8 Å². The van der Waals surface area contributed by atoms with Crippen LogP contribution in [0.1, 0.15) is 29.2 Å². The first-order valence-corrected chi connectivity index (χ1v) is 12.7. The number of urea groups is 1. The first kappa shape index (κ1) is 25.7. The van der Waals surface area contributed by atoms with Gasteiger partial charge in [0.05, 0.1) is 12.3 Å². The third kappa shape index (κ3) is 5.25. The Labute approximate surface area is 226 Å². The van der Waals surface area contributed by atoms with Crippen molar-refractivity contribution in [3.05, 3.63) is 107 Å². The van der Waals surface area contributed by atoms with Gasteiger partial charge in [-0.25, -0.2) is 9.69 Å². The molecule has 0 bridgehead atoms. The Morgan fingerprint density at radius 2 is 1.62 bits per heavy atom. The second-order valence-corrected chi connectivity index (χ2v) is 9.29. The van der Waals surface area contributed by atoms with E-state index in [1.54, 1.807) is 30.3 Å². The Kier molecular flexibility index (Phi) is 7.14. The zero-order chi connectivity index (χ0) is 27.5. The smallest absolute Gasteiger partial charge is 0.335 e. The van der Waals surface area contributed by atoms with Crippen LogP contribution in [0, 0.1) is 13.8 Å². The molecule has 4 amide bonds. The standard InChI is InChI=1S/C32H28N2O5/c1-4-38-29-18-22(13-15-28(29)39-19-24-10-7-9-23-8-5-6-11-26(23)24)17-27-30(35)33-32(37)34(31(27)36)25-14-12-20(2)21(3)16-25/h5-18H,4,19H2,1-3H3,(H,33,35,37)/b27-17+. The molecule has 1 N–H and O–H groups in total. The zero-order valence-electron chi connectivity index (χ0n) is 22.0. The lowest BCUT2D eigenvalue weighted by Gasteiger charge is -2.27. The fraction of sp³-hybridized carbons (Fsp3) is 0.156. The van der Waals surface area contributed by atoms with Gasteiger partial charge in [-0.2, -0.15) is 0 Å². The van der Waals surface area contributed by atoms with E-state index in [4.69, 9.17) is 9.47 Å². The Balaban J connectivity index is 1.43. The molecule has 39 heavy (non-hydrogen) atoms. The number of fused-ring (bicyclic) bond motifs is 1. The van der Waals surface area contributed by atoms with Crippen molar-refractivity contribution in [1.29, 1.82) is 0 Å². The number of hydrogen-bond acceptors (Lipinski definition) is 5. The summed E-state index contributed by atoms with van der Waals surface area (Å²) in [7, 11) is 0. The van der Waals surface area contributed by atoms with E-state index >= 15 is 0 Å². The summed E-state index contributed by atoms with van der Waals surface area (Å²) < 4.78 is 12.0. The van der Waals surface area contributed by atoms with E-state index in [-0.39, 0.29) is 5.57 Å². The maximum Gasteiger partial charge on any atom is 0.335 e. The number of barbiturate groups is 1. The van der Waals surface area contributed by atoms with E-state index in [1.807, 2.05) is 51.1 Å². The molecular formula is C32H28N2O5. The van der Waals surface area contributed by atoms with Crippen molar-refractivity contribution in [3.8, 4) is 11.5 Å². The molecule has 0 atom stereocenters. The van der Waals surface area contributed by atoms with Gasteiger partial charge in [0.1, 0.15) is 12.2 Å². The highest BCUT2D eigenvalue weighted by molar-refractivity contribution is 6.39. The van der Waals surface area contributed by atoms with E-state index < -0.39 is 17.8 Å². The average molecular weight is 521 g/mol. The van der Waals surface area contributed by atoms with E-state index in [2.05, 4.69) is 23.5 Å². The summed E-state index contributed by atoms with van der Waals surface area (Å²) in [6.07, 6.45) is 1.45. The minimum atomic E-state index is -0.780. The molecule has 4 aromatic rings. The summed E-state index contributed by atoms with van der Waals surface area (Å²) in [5.41, 5.74) is 3.80. The summed E-state index contributed by atoms with van der Waals surface area (Å²) in [6.45, 7) is 6.45. The molecule has 1 aliphatic rings. The number of anilines is 1. The Morgan fingerprint density at radius 1 is 0.821 bits per heavy atom. The summed E-state index contributed by atoms with van der Waals surface area (Å²) in [5.74, 6) is -0.420. The quantitative estimate of drug-likeness (QED) is 0.235. The van der Waals surface area contributed by atoms with Crippen LogP contribution in [-0.2, 0) is 16.2 Å². The summed E-state index contributed by atoms with van der Waals surface area (Å²) >= 11 is 0. The second kappa shape index (κ2) is 10.8. The highest BCUT2D eigenvalue weighted by Gasteiger charge is 2.37. The number of benzene rings is 4. The third-order valence-corrected chi connectivity index (χ3v) is 6.69. The molecule has 1 heterocycles. The highest BCUT2D eigenvalue weighted by atomic mass is 16.5. The normalized spacial score (nSPS) is 14.6. The number of imide groups is 2. The van der Waals surface area contributed by atoms with E-state index in [0.29, 0.717) is 36.0 Å². The number of nitrogens with zero attached hydrogens (tertiary/aromatic N) is 1. The number of hydrogen-bond donors (Lipinski definition) is 1. The number of ether oxygens (including phenoxy) is 2. The lowest BCUT2D eigenvalue weighted by Crippen LogP contribution is -2.54. The van der Waals surface area contributed by atoms with Crippen LogP contribution in [0.2, 0.25) is 0 Å². The number of nitrogens with one attached hydrogen (secondary N) is 1. The lowest BCUT2D eigenvalue weighted by atomic mass is 10.0. The van der Waals surface area contributed by atoms with Crippen molar-refractivity contribution in [1.82, 2.24) is 5.32 Å². The largest absolute Gasteiger partial charge is 0.490 e. The molecule has 196 valence electrons. The van der Waals surface area contributed by atoms with Gasteiger partial charge in [-0.3, -0.25) is 14.9 Å². The van der Waals surface area contributed by atoms with Gasteiger partial charge >= 0.3 is 6.03 Å². The molecule has 1 aliphatic heterocycles. The fourth-order valence-electron chi connectivity index (χ4n) is 4.50. The molecule has 0 aliphatic carbocycles. The van der Waals surface area contributed by atoms with Crippen LogP contribution in [0.3, 0.4) is 0 Å². The Morgan fingerprint density at radius 3 is 2.41 bits per heavy atom. The van der Waals surface area contributed by atoms with Gasteiger partial charge in [-0.05, 0) is 84.1 Å². The van der Waals surface area contributed by atoms with Gasteiger partial charge in [-0.15, -0.1) is 0 Å². The minimum Gasteiger partial charge on any atom is -0.490 e. The maximum atomic E-state index is 13.3. The number of amides is 4. The maximum absolute atomic E-state index is 13.3. The third-order valence-electron chi connectivity index (χ3n) is 6.69. The van der Waals surface area contributed by atoms with E-state index in [1.165, 1.54) is 6.08 Å². The molecule has 4 aromatic carbocycles. The van der Waals surface area contributed by atoms with Crippen LogP contribution in [0.5, 0.6) is 11.5 Å². The van der Waals surface area contributed by atoms with Crippen LogP contribution in [0.15, 0.2) is 84.4 Å². The summed E-state index contributed by atoms with van der Waals surface area (Å²) in [6, 6.07) is 23.9. The van der Waals surface area contributed by atoms with Crippen molar-refractivity contribution < 1.29 is 23.9 Å². The van der Waals surface area contributed by atoms with Crippen LogP contribution in [0.4, 0.5) is 10.5 Å². The van der Waals surface area contributed by atoms with Crippen molar-refractivity contribution in [2.24, 2.45) is 0 Å². The average Bonchev–Trinajstić information content (AvgIpc) is 2.92. The minimum absolute atomic E-state index is 0.153. The van der Waals surface area contributed by atoms with Crippen LogP contribution in [-0.4, -0.2) is 24.5 Å². The van der Waals surface area contributed by atoms with Crippen LogP contribution >= 0.6 is 0 Å². The first-order chi connectivity index (χ1) is 18.9. The second-order valence-electron chi connectivity index (χ2n) is 9.29. The van der Waals surface area contributed by atoms with Crippen molar-refractivity contribution in [2.45, 2.75) is 27.4 Å². The van der Waals surface area contributed by atoms with Crippen molar-refractivity contribution in [2.75, 3.05) is 11.5 Å². The predicted octanol–water partition coefficient (Wildman–Crippen LogP) is 6.10. The lowest BCUT2D eigenvalue weighted by molar-refractivity contribution is -0.122. The van der Waals surface area contributed by atoms with Gasteiger partial charge in [0.15, 0.2) is 11.5 Å². The molecular weight excluding hydrogens is 492 g/mol. The van der Waals surface area contributed by atoms with Crippen molar-refractivity contribution >= 4 is 40.4 Å². The van der Waals surface area contributed by atoms with Crippen molar-refractivity contribution in [3.63, 3.8) is 0 Å². The molecule has 0 saturated carbocycles. The summed E-state index contributed by atoms with van der Waals surface area (Å²) in [5, 5.41) is 4.52. The van der Waals surface area contributed by atoms with Gasteiger partial charge in [0.2, 0.25) is 0 Å². The SMILES string of the molecule is CCOc1cc(/C=C2\C(=O)NC(=O)N(c3ccc(C)c(C)c3)C2=O)ccc1OCc1cccc2ccccc12. The topological polar surface area (TPSA) is 84.9 Å². The molecule has 1 fully saturated rings. The van der Waals surface area contributed by atoms with Gasteiger partial charge in [0, 0.05) is 0 Å². The number of rotatable bonds is 7. The van der Waals surface area contributed by atoms with Gasteiger partial charge < -0.3 is 9.47 Å². The van der Waals surface area contributed by atoms with Gasteiger partial charge in [-0.1, -0.05) is 54.6 Å². The fourth-order valence-corrected chi connectivity index (χ4v) is 4.50. The molecule has 1 saturated heterocycles. The number of carbonyl (C=O) groups excluding carboxylic acids is 3. The number of carbonyl (C=O) groups is 3. The Hall–Kier alpha value is -4.91. The number of aryl methyl sites for hydroxylation is 2. The molecule has 5 rings (SSSR count). The first-order valence-electron chi connectivity index (χ1n) is 12.7. The summed E-state index contributed by atoms with van der Waals surface area (Å²) in [4.78, 5) is 39.5. The molecule has 0 spiro atoms. The van der Waals surface area contributed by atoms with Crippen LogP contribution < -0.4 is 19.7 Å². The predicted molar refractivity (Wildman–Crippen MR) is 151 cm³/mol. The molecule has 0 aromatic heterocycles. The molecule has 0 radical (unpaired) electrons. The monoisotopic (exact) mass is 520 g/mol. The molecule has 0 unspecified atom stereocenters.